The second-order valence-corrected chi connectivity index (χ2v) is 8.12. The molecule has 1 aliphatic heterocycles. The van der Waals surface area contributed by atoms with Crippen molar-refractivity contribution in [3.63, 3.8) is 0 Å². The first-order chi connectivity index (χ1) is 16.7. The number of benzene rings is 2. The fraction of sp³-hybridized carbons (Fsp3) is 0.520. The summed E-state index contributed by atoms with van der Waals surface area (Å²) in [5.74, 6) is 0. The third kappa shape index (κ3) is 8.07. The Labute approximate surface area is 199 Å². The van der Waals surface area contributed by atoms with E-state index in [9.17, 15) is 10.2 Å². The van der Waals surface area contributed by atoms with E-state index in [1.165, 1.54) is 0 Å². The van der Waals surface area contributed by atoms with Gasteiger partial charge in [0.05, 0.1) is 19.8 Å². The molecule has 5 atom stereocenters. The molecule has 0 aliphatic carbocycles. The van der Waals surface area contributed by atoms with Crippen molar-refractivity contribution in [1.29, 1.82) is 0 Å². The number of unbranched alkanes of at least 4 members (excludes halogenated alkanes) is 2. The van der Waals surface area contributed by atoms with Crippen LogP contribution in [0.15, 0.2) is 65.8 Å². The van der Waals surface area contributed by atoms with E-state index in [1.54, 1.807) is 0 Å². The van der Waals surface area contributed by atoms with Crippen LogP contribution in [0.25, 0.3) is 10.4 Å². The number of aliphatic hydroxyl groups is 2. The lowest BCUT2D eigenvalue weighted by atomic mass is 9.98. The molecule has 0 bridgehead atoms. The van der Waals surface area contributed by atoms with Crippen LogP contribution in [0.3, 0.4) is 0 Å². The van der Waals surface area contributed by atoms with Crippen LogP contribution in [0.1, 0.15) is 30.4 Å². The number of aliphatic hydroxyl groups excluding tert-OH is 2. The van der Waals surface area contributed by atoms with E-state index in [2.05, 4.69) is 10.0 Å². The van der Waals surface area contributed by atoms with Crippen molar-refractivity contribution in [2.45, 2.75) is 63.2 Å². The summed E-state index contributed by atoms with van der Waals surface area (Å²) in [5, 5.41) is 24.2. The Morgan fingerprint density at radius 3 is 2.06 bits per heavy atom. The third-order valence-electron chi connectivity index (χ3n) is 5.62. The molecule has 0 aromatic heterocycles. The first-order valence-electron chi connectivity index (χ1n) is 11.6. The van der Waals surface area contributed by atoms with Gasteiger partial charge in [-0.15, -0.1) is 0 Å². The highest BCUT2D eigenvalue weighted by atomic mass is 16.7. The molecule has 3 rings (SSSR count). The lowest BCUT2D eigenvalue weighted by molar-refractivity contribution is -0.319. The van der Waals surface area contributed by atoms with Gasteiger partial charge < -0.3 is 29.2 Å². The molecule has 1 saturated heterocycles. The molecule has 0 saturated carbocycles. The number of rotatable bonds is 14. The van der Waals surface area contributed by atoms with Crippen molar-refractivity contribution in [3.05, 3.63) is 82.2 Å². The molecule has 9 heteroatoms. The van der Waals surface area contributed by atoms with Crippen molar-refractivity contribution in [1.82, 2.24) is 0 Å². The molecule has 0 amide bonds. The molecule has 1 aliphatic rings. The molecule has 9 nitrogen and oxygen atoms in total. The van der Waals surface area contributed by atoms with Gasteiger partial charge in [0.15, 0.2) is 6.29 Å². The van der Waals surface area contributed by atoms with Crippen LogP contribution >= 0.6 is 0 Å². The van der Waals surface area contributed by atoms with E-state index in [0.717, 1.165) is 30.4 Å². The summed E-state index contributed by atoms with van der Waals surface area (Å²) >= 11 is 0. The number of ether oxygens (including phenoxy) is 4. The van der Waals surface area contributed by atoms with Gasteiger partial charge in [0.25, 0.3) is 0 Å². The molecule has 3 unspecified atom stereocenters. The lowest BCUT2D eigenvalue weighted by Crippen LogP contribution is -2.60. The van der Waals surface area contributed by atoms with Crippen LogP contribution in [-0.2, 0) is 32.2 Å². The van der Waals surface area contributed by atoms with Gasteiger partial charge >= 0.3 is 0 Å². The van der Waals surface area contributed by atoms with E-state index in [4.69, 9.17) is 24.5 Å². The highest BCUT2D eigenvalue weighted by molar-refractivity contribution is 5.14. The summed E-state index contributed by atoms with van der Waals surface area (Å²) in [7, 11) is 0. The zero-order chi connectivity index (χ0) is 24.0. The van der Waals surface area contributed by atoms with Crippen LogP contribution < -0.4 is 0 Å². The Hall–Kier alpha value is -2.49. The van der Waals surface area contributed by atoms with Gasteiger partial charge in [-0.05, 0) is 29.5 Å². The highest BCUT2D eigenvalue weighted by Crippen LogP contribution is 2.28. The molecule has 184 valence electrons. The molecule has 0 radical (unpaired) electrons. The van der Waals surface area contributed by atoms with Gasteiger partial charge in [-0.3, -0.25) is 0 Å². The first kappa shape index (κ1) is 26.1. The zero-order valence-electron chi connectivity index (χ0n) is 19.2. The van der Waals surface area contributed by atoms with Gasteiger partial charge in [-0.1, -0.05) is 72.2 Å². The van der Waals surface area contributed by atoms with Crippen LogP contribution in [0.4, 0.5) is 0 Å². The van der Waals surface area contributed by atoms with Gasteiger partial charge in [0.1, 0.15) is 24.4 Å². The average Bonchev–Trinajstić information content (AvgIpc) is 2.88. The van der Waals surface area contributed by atoms with Crippen LogP contribution in [0.2, 0.25) is 0 Å². The average molecular weight is 472 g/mol. The number of hydrogen-bond acceptors (Lipinski definition) is 7. The maximum absolute atomic E-state index is 10.9. The topological polar surface area (TPSA) is 126 Å². The second kappa shape index (κ2) is 14.7. The highest BCUT2D eigenvalue weighted by Gasteiger charge is 2.47. The van der Waals surface area contributed by atoms with E-state index in [-0.39, 0.29) is 13.2 Å². The zero-order valence-corrected chi connectivity index (χ0v) is 19.2. The summed E-state index contributed by atoms with van der Waals surface area (Å²) in [5.41, 5.74) is 10.3. The van der Waals surface area contributed by atoms with E-state index in [1.807, 2.05) is 60.7 Å². The number of azide groups is 1. The largest absolute Gasteiger partial charge is 0.394 e. The normalized spacial score (nSPS) is 24.5. The van der Waals surface area contributed by atoms with Gasteiger partial charge in [0, 0.05) is 18.1 Å². The van der Waals surface area contributed by atoms with Gasteiger partial charge in [0.2, 0.25) is 0 Å². The maximum atomic E-state index is 10.9. The Bertz CT molecular complexity index is 865. The maximum Gasteiger partial charge on any atom is 0.186 e. The van der Waals surface area contributed by atoms with Gasteiger partial charge in [-0.2, -0.15) is 0 Å². The van der Waals surface area contributed by atoms with Crippen molar-refractivity contribution >= 4 is 0 Å². The van der Waals surface area contributed by atoms with E-state index in [0.29, 0.717) is 19.8 Å². The Kier molecular flexibility index (Phi) is 11.3. The molecule has 2 N–H and O–H groups in total. The molecular weight excluding hydrogens is 438 g/mol. The fourth-order valence-corrected chi connectivity index (χ4v) is 3.78. The van der Waals surface area contributed by atoms with Crippen molar-refractivity contribution in [2.24, 2.45) is 5.11 Å². The molecular formula is C25H33N3O6. The smallest absolute Gasteiger partial charge is 0.186 e. The molecule has 2 aromatic rings. The summed E-state index contributed by atoms with van der Waals surface area (Å²) in [6, 6.07) is 19.4. The Morgan fingerprint density at radius 2 is 1.47 bits per heavy atom. The molecule has 0 spiro atoms. The quantitative estimate of drug-likeness (QED) is 0.187. The first-order valence-corrected chi connectivity index (χ1v) is 11.6. The molecule has 1 fully saturated rings. The minimum atomic E-state index is -1.09. The summed E-state index contributed by atoms with van der Waals surface area (Å²) in [6.45, 7) is 1.05. The number of hydrogen-bond donors (Lipinski definition) is 2. The summed E-state index contributed by atoms with van der Waals surface area (Å²) in [6.07, 6.45) is -1.87. The van der Waals surface area contributed by atoms with E-state index >= 15 is 0 Å². The predicted octanol–water partition coefficient (Wildman–Crippen LogP) is 3.73. The van der Waals surface area contributed by atoms with E-state index < -0.39 is 30.7 Å². The van der Waals surface area contributed by atoms with Crippen LogP contribution in [0, 0.1) is 0 Å². The minimum absolute atomic E-state index is 0.276. The van der Waals surface area contributed by atoms with Crippen molar-refractivity contribution in [3.8, 4) is 0 Å². The van der Waals surface area contributed by atoms with Crippen LogP contribution in [0.5, 0.6) is 0 Å². The Morgan fingerprint density at radius 1 is 0.853 bits per heavy atom. The number of nitrogens with zero attached hydrogens (tertiary/aromatic N) is 3. The predicted molar refractivity (Wildman–Crippen MR) is 126 cm³/mol. The van der Waals surface area contributed by atoms with Crippen molar-refractivity contribution < 1.29 is 29.2 Å². The molecule has 1 heterocycles. The summed E-state index contributed by atoms with van der Waals surface area (Å²) in [4.78, 5) is 2.75. The Balaban J connectivity index is 1.68. The van der Waals surface area contributed by atoms with Crippen LogP contribution in [-0.4, -0.2) is 60.7 Å². The lowest BCUT2D eigenvalue weighted by Gasteiger charge is -2.43. The van der Waals surface area contributed by atoms with Gasteiger partial charge in [-0.25, -0.2) is 0 Å². The standard InChI is InChI=1S/C25H33N3O6/c26-28-27-14-8-3-9-15-31-25-24(33-18-20-12-6-2-7-13-20)23(22(30)21(16-29)34-25)32-17-19-10-4-1-5-11-19/h1-2,4-7,10-13,21-25,29-30H,3,8-9,14-18H2/t21?,22-,23?,24?,25-/m0/s1. The monoisotopic (exact) mass is 471 g/mol. The third-order valence-corrected chi connectivity index (χ3v) is 5.62. The summed E-state index contributed by atoms with van der Waals surface area (Å²) < 4.78 is 24.2. The molecule has 34 heavy (non-hydrogen) atoms. The van der Waals surface area contributed by atoms with Crippen molar-refractivity contribution in [2.75, 3.05) is 19.8 Å². The SMILES string of the molecule is [N-]=[N+]=NCCCCCO[C@H]1OC(CO)[C@H](O)C(OCc2ccccc2)C1OCc1ccccc1. The second-order valence-electron chi connectivity index (χ2n) is 8.12. The fourth-order valence-electron chi connectivity index (χ4n) is 3.78. The molecule has 2 aromatic carbocycles. The minimum Gasteiger partial charge on any atom is -0.394 e.